The van der Waals surface area contributed by atoms with Gasteiger partial charge < -0.3 is 14.8 Å². The van der Waals surface area contributed by atoms with Crippen molar-refractivity contribution in [3.05, 3.63) is 47.0 Å². The number of hydrogen-bond acceptors (Lipinski definition) is 7. The maximum absolute atomic E-state index is 12.6. The van der Waals surface area contributed by atoms with E-state index in [9.17, 15) is 4.79 Å². The number of aryl methyl sites for hydroxylation is 2. The largest absolute Gasteiger partial charge is 0.473 e. The van der Waals surface area contributed by atoms with E-state index >= 15 is 0 Å². The van der Waals surface area contributed by atoms with E-state index in [1.165, 1.54) is 4.68 Å². The number of nitrogens with one attached hydrogen (secondary N) is 2. The van der Waals surface area contributed by atoms with Gasteiger partial charge in [0, 0.05) is 37.4 Å². The molecule has 10 heteroatoms. The summed E-state index contributed by atoms with van der Waals surface area (Å²) < 4.78 is 12.7. The van der Waals surface area contributed by atoms with E-state index < -0.39 is 0 Å². The van der Waals surface area contributed by atoms with E-state index in [0.29, 0.717) is 29.7 Å². The molecule has 0 aliphatic heterocycles. The highest BCUT2D eigenvalue weighted by atomic mass is 16.5. The molecule has 1 fully saturated rings. The Labute approximate surface area is 180 Å². The molecule has 3 heterocycles. The Hall–Kier alpha value is -3.27. The summed E-state index contributed by atoms with van der Waals surface area (Å²) in [5.74, 6) is 1.13. The normalized spacial score (nSPS) is 18.3. The summed E-state index contributed by atoms with van der Waals surface area (Å²) in [7, 11) is 3.32. The minimum absolute atomic E-state index is 0.0852. The second kappa shape index (κ2) is 9.25. The molecular formula is C21H27N7O3. The van der Waals surface area contributed by atoms with Gasteiger partial charge in [0.2, 0.25) is 5.88 Å². The van der Waals surface area contributed by atoms with Crippen LogP contribution in [0.5, 0.6) is 5.88 Å². The summed E-state index contributed by atoms with van der Waals surface area (Å²) in [6, 6.07) is 5.54. The van der Waals surface area contributed by atoms with E-state index in [0.717, 1.165) is 36.9 Å². The van der Waals surface area contributed by atoms with Crippen LogP contribution in [-0.4, -0.2) is 49.3 Å². The number of aromatic nitrogens is 6. The SMILES string of the molecule is CCc1ccnnc1O[C@@H]1CC[C@H](c2cc(NC(=O)c3cc(COC)nn3C)n[nH]2)C1. The van der Waals surface area contributed by atoms with Gasteiger partial charge >= 0.3 is 0 Å². The molecule has 2 atom stereocenters. The van der Waals surface area contributed by atoms with E-state index in [4.69, 9.17) is 9.47 Å². The smallest absolute Gasteiger partial charge is 0.275 e. The van der Waals surface area contributed by atoms with Crippen LogP contribution in [0.2, 0.25) is 0 Å². The van der Waals surface area contributed by atoms with Crippen LogP contribution < -0.4 is 10.1 Å². The Morgan fingerprint density at radius 1 is 1.35 bits per heavy atom. The molecule has 2 N–H and O–H groups in total. The number of nitrogens with zero attached hydrogens (tertiary/aromatic N) is 5. The van der Waals surface area contributed by atoms with E-state index in [-0.39, 0.29) is 17.9 Å². The molecular weight excluding hydrogens is 398 g/mol. The minimum atomic E-state index is -0.266. The molecule has 3 aromatic rings. The summed E-state index contributed by atoms with van der Waals surface area (Å²) in [6.07, 6.45) is 5.40. The minimum Gasteiger partial charge on any atom is -0.473 e. The lowest BCUT2D eigenvalue weighted by Gasteiger charge is -2.14. The van der Waals surface area contributed by atoms with Crippen molar-refractivity contribution in [2.45, 2.75) is 51.2 Å². The van der Waals surface area contributed by atoms with Crippen LogP contribution in [0.15, 0.2) is 24.4 Å². The van der Waals surface area contributed by atoms with E-state index in [1.54, 1.807) is 26.4 Å². The number of H-pyrrole nitrogens is 1. The van der Waals surface area contributed by atoms with Crippen molar-refractivity contribution >= 4 is 11.7 Å². The van der Waals surface area contributed by atoms with Gasteiger partial charge in [-0.05, 0) is 37.8 Å². The molecule has 0 aromatic carbocycles. The third-order valence-corrected chi connectivity index (χ3v) is 5.54. The number of carbonyl (C=O) groups is 1. The molecule has 1 saturated carbocycles. The Morgan fingerprint density at radius 2 is 2.23 bits per heavy atom. The van der Waals surface area contributed by atoms with Gasteiger partial charge in [-0.25, -0.2) is 0 Å². The number of methoxy groups -OCH3 is 1. The first-order valence-corrected chi connectivity index (χ1v) is 10.4. The highest BCUT2D eigenvalue weighted by Crippen LogP contribution is 2.36. The zero-order valence-electron chi connectivity index (χ0n) is 18.0. The van der Waals surface area contributed by atoms with Crippen LogP contribution in [0.25, 0.3) is 0 Å². The van der Waals surface area contributed by atoms with Gasteiger partial charge in [0.25, 0.3) is 5.91 Å². The number of rotatable bonds is 8. The highest BCUT2D eigenvalue weighted by Gasteiger charge is 2.29. The van der Waals surface area contributed by atoms with Crippen molar-refractivity contribution in [2.75, 3.05) is 12.4 Å². The van der Waals surface area contributed by atoms with E-state index in [1.807, 2.05) is 12.1 Å². The molecule has 0 bridgehead atoms. The van der Waals surface area contributed by atoms with Gasteiger partial charge in [-0.1, -0.05) is 6.92 Å². The quantitative estimate of drug-likeness (QED) is 0.569. The third-order valence-electron chi connectivity index (χ3n) is 5.54. The van der Waals surface area contributed by atoms with Gasteiger partial charge in [0.15, 0.2) is 5.82 Å². The van der Waals surface area contributed by atoms with Crippen LogP contribution in [-0.2, 0) is 24.8 Å². The van der Waals surface area contributed by atoms with Crippen molar-refractivity contribution in [3.8, 4) is 5.88 Å². The second-order valence-corrected chi connectivity index (χ2v) is 7.71. The molecule has 1 aliphatic rings. The fourth-order valence-electron chi connectivity index (χ4n) is 3.95. The number of carbonyl (C=O) groups excluding carboxylic acids is 1. The molecule has 3 aromatic heterocycles. The first kappa shape index (κ1) is 21.0. The van der Waals surface area contributed by atoms with Gasteiger partial charge in [-0.15, -0.1) is 5.10 Å². The second-order valence-electron chi connectivity index (χ2n) is 7.71. The summed E-state index contributed by atoms with van der Waals surface area (Å²) in [5, 5.41) is 22.5. The fourth-order valence-corrected chi connectivity index (χ4v) is 3.95. The first-order chi connectivity index (χ1) is 15.1. The van der Waals surface area contributed by atoms with Crippen LogP contribution in [0.3, 0.4) is 0 Å². The molecule has 0 spiro atoms. The summed E-state index contributed by atoms with van der Waals surface area (Å²) in [5.41, 5.74) is 3.20. The molecule has 10 nitrogen and oxygen atoms in total. The standard InChI is InChI=1S/C21H27N7O3/c1-4-13-7-8-22-26-21(13)31-16-6-5-14(9-16)17-11-19(25-24-17)23-20(29)18-10-15(12-30-3)27-28(18)2/h7-8,10-11,14,16H,4-6,9,12H2,1-3H3,(H2,23,24,25,29)/t14-,16+/m0/s1. The summed E-state index contributed by atoms with van der Waals surface area (Å²) in [6.45, 7) is 2.43. The lowest BCUT2D eigenvalue weighted by atomic mass is 10.0. The molecule has 0 unspecified atom stereocenters. The van der Waals surface area contributed by atoms with Gasteiger partial charge in [-0.2, -0.15) is 15.3 Å². The average Bonchev–Trinajstić information content (AvgIpc) is 3.49. The molecule has 1 aliphatic carbocycles. The lowest BCUT2D eigenvalue weighted by molar-refractivity contribution is 0.101. The van der Waals surface area contributed by atoms with Crippen molar-refractivity contribution < 1.29 is 14.3 Å². The maximum Gasteiger partial charge on any atom is 0.275 e. The highest BCUT2D eigenvalue weighted by molar-refractivity contribution is 6.02. The molecule has 164 valence electrons. The van der Waals surface area contributed by atoms with Crippen molar-refractivity contribution in [2.24, 2.45) is 7.05 Å². The number of amides is 1. The Morgan fingerprint density at radius 3 is 3.03 bits per heavy atom. The third kappa shape index (κ3) is 4.74. The van der Waals surface area contributed by atoms with Gasteiger partial charge in [0.1, 0.15) is 11.8 Å². The zero-order chi connectivity index (χ0) is 21.8. The topological polar surface area (TPSA) is 120 Å². The van der Waals surface area contributed by atoms with Crippen LogP contribution in [0.4, 0.5) is 5.82 Å². The number of hydrogen-bond donors (Lipinski definition) is 2. The Balaban J connectivity index is 1.36. The van der Waals surface area contributed by atoms with Crippen LogP contribution in [0, 0.1) is 0 Å². The predicted molar refractivity (Wildman–Crippen MR) is 113 cm³/mol. The van der Waals surface area contributed by atoms with Gasteiger partial charge in [-0.3, -0.25) is 14.6 Å². The van der Waals surface area contributed by atoms with E-state index in [2.05, 4.69) is 37.7 Å². The maximum atomic E-state index is 12.6. The lowest BCUT2D eigenvalue weighted by Crippen LogP contribution is -2.16. The number of anilines is 1. The molecule has 31 heavy (non-hydrogen) atoms. The van der Waals surface area contributed by atoms with Crippen molar-refractivity contribution in [3.63, 3.8) is 0 Å². The molecule has 0 radical (unpaired) electrons. The number of ether oxygens (including phenoxy) is 2. The monoisotopic (exact) mass is 425 g/mol. The van der Waals surface area contributed by atoms with Crippen LogP contribution in [0.1, 0.15) is 59.5 Å². The molecule has 4 rings (SSSR count). The molecule has 0 saturated heterocycles. The Kier molecular flexibility index (Phi) is 6.26. The average molecular weight is 425 g/mol. The van der Waals surface area contributed by atoms with Gasteiger partial charge in [0.05, 0.1) is 18.5 Å². The van der Waals surface area contributed by atoms with Crippen LogP contribution >= 0.6 is 0 Å². The Bertz CT molecular complexity index is 1050. The fraction of sp³-hybridized carbons (Fsp3) is 0.476. The zero-order valence-corrected chi connectivity index (χ0v) is 18.0. The summed E-state index contributed by atoms with van der Waals surface area (Å²) >= 11 is 0. The number of aromatic amines is 1. The first-order valence-electron chi connectivity index (χ1n) is 10.4. The predicted octanol–water partition coefficient (Wildman–Crippen LogP) is 2.61. The molecule has 1 amide bonds. The van der Waals surface area contributed by atoms with Crippen molar-refractivity contribution in [1.82, 2.24) is 30.2 Å². The van der Waals surface area contributed by atoms with Crippen molar-refractivity contribution in [1.29, 1.82) is 0 Å². The summed E-state index contributed by atoms with van der Waals surface area (Å²) in [4.78, 5) is 12.6.